The van der Waals surface area contributed by atoms with E-state index in [1.807, 2.05) is 6.92 Å². The third-order valence-corrected chi connectivity index (χ3v) is 5.01. The minimum absolute atomic E-state index is 0.0859. The van der Waals surface area contributed by atoms with Crippen LogP contribution in [-0.4, -0.2) is 66.7 Å². The predicted octanol–water partition coefficient (Wildman–Crippen LogP) is 1.23. The quantitative estimate of drug-likeness (QED) is 0.350. The van der Waals surface area contributed by atoms with E-state index in [1.54, 1.807) is 24.3 Å². The van der Waals surface area contributed by atoms with Crippen molar-refractivity contribution >= 4 is 51.0 Å². The lowest BCUT2D eigenvalue weighted by molar-refractivity contribution is -0.148. The molecule has 1 aromatic rings. The summed E-state index contributed by atoms with van der Waals surface area (Å²) in [6.45, 7) is 3.52. The van der Waals surface area contributed by atoms with Gasteiger partial charge in [-0.1, -0.05) is 12.1 Å². The number of hydrogen-bond acceptors (Lipinski definition) is 6. The fraction of sp³-hybridized carbons (Fsp3) is 0.444. The smallest absolute Gasteiger partial charge is 0.308 e. The Balaban J connectivity index is 1.99. The third kappa shape index (κ3) is 6.25. The maximum atomic E-state index is 12.5. The summed E-state index contributed by atoms with van der Waals surface area (Å²) in [5.74, 6) is -1.28. The molecule has 0 saturated carbocycles. The number of esters is 1. The first kappa shape index (κ1) is 22.3. The van der Waals surface area contributed by atoms with Gasteiger partial charge in [0.1, 0.15) is 12.6 Å². The summed E-state index contributed by atoms with van der Waals surface area (Å²) in [5, 5.41) is 5.41. The van der Waals surface area contributed by atoms with Gasteiger partial charge in [-0.25, -0.2) is 0 Å². The number of carbonyl (C=O) groups is 3. The van der Waals surface area contributed by atoms with Crippen molar-refractivity contribution in [1.82, 2.24) is 15.5 Å². The van der Waals surface area contributed by atoms with Gasteiger partial charge in [0, 0.05) is 24.2 Å². The van der Waals surface area contributed by atoms with E-state index in [0.29, 0.717) is 36.3 Å². The van der Waals surface area contributed by atoms with E-state index in [1.165, 1.54) is 4.90 Å². The van der Waals surface area contributed by atoms with Gasteiger partial charge < -0.3 is 19.7 Å². The van der Waals surface area contributed by atoms with Crippen LogP contribution >= 0.6 is 28.1 Å². The van der Waals surface area contributed by atoms with E-state index >= 15 is 0 Å². The average molecular weight is 472 g/mol. The summed E-state index contributed by atoms with van der Waals surface area (Å²) in [6.07, 6.45) is -0.178. The van der Waals surface area contributed by atoms with Gasteiger partial charge in [-0.15, -0.1) is 0 Å². The first-order valence-electron chi connectivity index (χ1n) is 8.81. The van der Waals surface area contributed by atoms with Gasteiger partial charge in [0.05, 0.1) is 18.6 Å². The van der Waals surface area contributed by atoms with E-state index in [4.69, 9.17) is 21.7 Å². The minimum atomic E-state index is -0.847. The first-order valence-corrected chi connectivity index (χ1v) is 10.0. The number of amides is 2. The standard InChI is InChI=1S/C18H22BrN3O5S/c1-2-26-9-10-27-15(23)11-14-17(25)20-7-8-22(14)18(28)21-16(24)12-5-3-4-6-13(12)19/h3-6,14H,2,7-11H2,1H3,(H,20,25)(H,21,24,28). The van der Waals surface area contributed by atoms with Crippen molar-refractivity contribution in [3.8, 4) is 0 Å². The van der Waals surface area contributed by atoms with Crippen molar-refractivity contribution < 1.29 is 23.9 Å². The molecule has 0 aliphatic carbocycles. The van der Waals surface area contributed by atoms with Crippen molar-refractivity contribution in [2.45, 2.75) is 19.4 Å². The van der Waals surface area contributed by atoms with Gasteiger partial charge >= 0.3 is 5.97 Å². The highest BCUT2D eigenvalue weighted by atomic mass is 79.9. The second-order valence-electron chi connectivity index (χ2n) is 5.86. The number of nitrogens with one attached hydrogen (secondary N) is 2. The Labute approximate surface area is 177 Å². The molecule has 0 radical (unpaired) electrons. The second kappa shape index (κ2) is 11.1. The number of piperazine rings is 1. The number of carbonyl (C=O) groups excluding carboxylic acids is 3. The highest BCUT2D eigenvalue weighted by Gasteiger charge is 2.34. The van der Waals surface area contributed by atoms with E-state index < -0.39 is 17.9 Å². The zero-order valence-corrected chi connectivity index (χ0v) is 17.8. The number of rotatable bonds is 7. The van der Waals surface area contributed by atoms with Gasteiger partial charge in [0.15, 0.2) is 5.11 Å². The number of ether oxygens (including phenoxy) is 2. The van der Waals surface area contributed by atoms with Crippen LogP contribution in [0.2, 0.25) is 0 Å². The van der Waals surface area contributed by atoms with E-state index in [9.17, 15) is 14.4 Å². The normalized spacial score (nSPS) is 16.3. The molecule has 1 fully saturated rings. The summed E-state index contributed by atoms with van der Waals surface area (Å²) in [5.41, 5.74) is 0.415. The average Bonchev–Trinajstić information content (AvgIpc) is 2.67. The molecule has 2 amide bonds. The maximum absolute atomic E-state index is 12.5. The van der Waals surface area contributed by atoms with Gasteiger partial charge in [-0.05, 0) is 47.2 Å². The molecule has 1 atom stereocenters. The van der Waals surface area contributed by atoms with Crippen LogP contribution in [0.1, 0.15) is 23.7 Å². The summed E-state index contributed by atoms with van der Waals surface area (Å²) in [6, 6.07) is 6.07. The summed E-state index contributed by atoms with van der Waals surface area (Å²) >= 11 is 8.64. The largest absolute Gasteiger partial charge is 0.463 e. The van der Waals surface area contributed by atoms with Crippen LogP contribution in [0.3, 0.4) is 0 Å². The lowest BCUT2D eigenvalue weighted by Gasteiger charge is -2.36. The SMILES string of the molecule is CCOCCOC(=O)CC1C(=O)NCCN1C(=S)NC(=O)c1ccccc1Br. The maximum Gasteiger partial charge on any atom is 0.308 e. The highest BCUT2D eigenvalue weighted by molar-refractivity contribution is 9.10. The van der Waals surface area contributed by atoms with Crippen LogP contribution in [0, 0.1) is 0 Å². The Morgan fingerprint density at radius 3 is 2.82 bits per heavy atom. The monoisotopic (exact) mass is 471 g/mol. The predicted molar refractivity (Wildman–Crippen MR) is 110 cm³/mol. The molecule has 152 valence electrons. The van der Waals surface area contributed by atoms with Crippen LogP contribution in [0.15, 0.2) is 28.7 Å². The molecule has 10 heteroatoms. The summed E-state index contributed by atoms with van der Waals surface area (Å²) in [7, 11) is 0. The van der Waals surface area contributed by atoms with Crippen molar-refractivity contribution in [3.63, 3.8) is 0 Å². The van der Waals surface area contributed by atoms with Gasteiger partial charge in [0.25, 0.3) is 5.91 Å². The van der Waals surface area contributed by atoms with Crippen molar-refractivity contribution in [1.29, 1.82) is 0 Å². The number of benzene rings is 1. The Bertz CT molecular complexity index is 746. The Hall–Kier alpha value is -2.04. The molecular weight excluding hydrogens is 450 g/mol. The number of hydrogen-bond donors (Lipinski definition) is 2. The Morgan fingerprint density at radius 1 is 1.36 bits per heavy atom. The van der Waals surface area contributed by atoms with E-state index in [0.717, 1.165) is 0 Å². The van der Waals surface area contributed by atoms with Crippen LogP contribution in [0.5, 0.6) is 0 Å². The molecule has 2 N–H and O–H groups in total. The molecule has 1 heterocycles. The lowest BCUT2D eigenvalue weighted by atomic mass is 10.1. The molecule has 8 nitrogen and oxygen atoms in total. The fourth-order valence-electron chi connectivity index (χ4n) is 2.62. The molecule has 0 spiro atoms. The second-order valence-corrected chi connectivity index (χ2v) is 7.10. The zero-order chi connectivity index (χ0) is 20.5. The molecule has 1 aromatic carbocycles. The van der Waals surface area contributed by atoms with Crippen molar-refractivity contribution in [2.24, 2.45) is 0 Å². The van der Waals surface area contributed by atoms with Crippen molar-refractivity contribution in [2.75, 3.05) is 32.9 Å². The molecule has 1 unspecified atom stereocenters. The highest BCUT2D eigenvalue weighted by Crippen LogP contribution is 2.16. The molecule has 0 bridgehead atoms. The zero-order valence-electron chi connectivity index (χ0n) is 15.4. The van der Waals surface area contributed by atoms with Gasteiger partial charge in [-0.3, -0.25) is 19.7 Å². The minimum Gasteiger partial charge on any atom is -0.463 e. The van der Waals surface area contributed by atoms with Gasteiger partial charge in [-0.2, -0.15) is 0 Å². The number of nitrogens with zero attached hydrogens (tertiary/aromatic N) is 1. The Kier molecular flexibility index (Phi) is 8.81. The molecule has 1 aliphatic rings. The lowest BCUT2D eigenvalue weighted by Crippen LogP contribution is -2.60. The van der Waals surface area contributed by atoms with Crippen LogP contribution < -0.4 is 10.6 Å². The molecule has 1 saturated heterocycles. The number of halogens is 1. The van der Waals surface area contributed by atoms with Crippen molar-refractivity contribution in [3.05, 3.63) is 34.3 Å². The molecule has 28 heavy (non-hydrogen) atoms. The Morgan fingerprint density at radius 2 is 2.11 bits per heavy atom. The fourth-order valence-corrected chi connectivity index (χ4v) is 3.39. The molecule has 1 aliphatic heterocycles. The van der Waals surface area contributed by atoms with E-state index in [2.05, 4.69) is 26.6 Å². The third-order valence-electron chi connectivity index (χ3n) is 3.99. The van der Waals surface area contributed by atoms with E-state index in [-0.39, 0.29) is 24.0 Å². The molecule has 2 rings (SSSR count). The molecule has 0 aromatic heterocycles. The van der Waals surface area contributed by atoms with Gasteiger partial charge in [0.2, 0.25) is 5.91 Å². The van der Waals surface area contributed by atoms with Crippen LogP contribution in [0.25, 0.3) is 0 Å². The number of thiocarbonyl (C=S) groups is 1. The van der Waals surface area contributed by atoms with Crippen LogP contribution in [0.4, 0.5) is 0 Å². The topological polar surface area (TPSA) is 97.0 Å². The first-order chi connectivity index (χ1) is 13.4. The van der Waals surface area contributed by atoms with Crippen LogP contribution in [-0.2, 0) is 19.1 Å². The summed E-state index contributed by atoms with van der Waals surface area (Å²) in [4.78, 5) is 38.3. The molecular formula is C18H22BrN3O5S. The summed E-state index contributed by atoms with van der Waals surface area (Å²) < 4.78 is 10.8.